The number of aromatic nitrogens is 1. The first-order valence-electron chi connectivity index (χ1n) is 10.7. The Kier molecular flexibility index (Phi) is 5.43. The first-order valence-corrected chi connectivity index (χ1v) is 10.7. The lowest BCUT2D eigenvalue weighted by molar-refractivity contribution is 0.00578. The molecule has 0 radical (unpaired) electrons. The molecule has 1 aliphatic rings. The first-order chi connectivity index (χ1) is 15.4. The Morgan fingerprint density at radius 3 is 2.33 bits per heavy atom. The summed E-state index contributed by atoms with van der Waals surface area (Å²) in [6.45, 7) is 9.69. The van der Waals surface area contributed by atoms with Gasteiger partial charge in [0.25, 0.3) is 11.5 Å². The van der Waals surface area contributed by atoms with Crippen LogP contribution >= 0.6 is 0 Å². The third kappa shape index (κ3) is 3.74. The van der Waals surface area contributed by atoms with Crippen molar-refractivity contribution in [3.8, 4) is 5.88 Å². The molecule has 1 fully saturated rings. The number of hydrogen-bond acceptors (Lipinski definition) is 7. The average Bonchev–Trinajstić information content (AvgIpc) is 3.19. The molecule has 1 saturated heterocycles. The van der Waals surface area contributed by atoms with Gasteiger partial charge < -0.3 is 24.1 Å². The second kappa shape index (κ2) is 7.76. The number of nitrogens with zero attached hydrogens (tertiary/aromatic N) is 2. The van der Waals surface area contributed by atoms with Crippen molar-refractivity contribution in [2.45, 2.75) is 45.8 Å². The summed E-state index contributed by atoms with van der Waals surface area (Å²) in [5.74, 6) is 5.88. The molecule has 1 aromatic carbocycles. The number of benzene rings is 1. The highest BCUT2D eigenvalue weighted by atomic mass is 16.7. The number of amides is 1. The number of rotatable bonds is 4. The monoisotopic (exact) mass is 452 g/mol. The van der Waals surface area contributed by atoms with Crippen molar-refractivity contribution < 1.29 is 18.5 Å². The molecule has 0 spiro atoms. The third-order valence-electron chi connectivity index (χ3n) is 6.45. The van der Waals surface area contributed by atoms with Crippen molar-refractivity contribution in [2.24, 2.45) is 5.84 Å². The Balaban J connectivity index is 1.99. The highest BCUT2D eigenvalue weighted by Crippen LogP contribution is 2.38. The fraction of sp³-hybridized carbons (Fsp3) is 0.391. The van der Waals surface area contributed by atoms with E-state index in [2.05, 4.69) is 5.32 Å². The number of anilines is 1. The summed E-state index contributed by atoms with van der Waals surface area (Å²) in [5, 5.41) is 4.61. The highest BCUT2D eigenvalue weighted by molar-refractivity contribution is 6.64. The van der Waals surface area contributed by atoms with Gasteiger partial charge in [0.2, 0.25) is 5.88 Å². The Morgan fingerprint density at radius 2 is 1.79 bits per heavy atom. The molecule has 9 nitrogen and oxygen atoms in total. The van der Waals surface area contributed by atoms with Crippen LogP contribution < -0.4 is 27.2 Å². The van der Waals surface area contributed by atoms with Crippen molar-refractivity contribution in [3.63, 3.8) is 0 Å². The molecular weight excluding hydrogens is 423 g/mol. The maximum absolute atomic E-state index is 12.9. The minimum atomic E-state index is -0.710. The van der Waals surface area contributed by atoms with E-state index in [0.717, 1.165) is 5.56 Å². The molecule has 174 valence electrons. The molecule has 1 aliphatic heterocycles. The Labute approximate surface area is 192 Å². The number of pyridine rings is 1. The zero-order valence-corrected chi connectivity index (χ0v) is 20.0. The maximum atomic E-state index is 12.9. The van der Waals surface area contributed by atoms with Crippen LogP contribution in [0, 0.1) is 6.92 Å². The van der Waals surface area contributed by atoms with Crippen LogP contribution in [-0.2, 0) is 9.31 Å². The molecule has 0 saturated carbocycles. The van der Waals surface area contributed by atoms with Crippen LogP contribution in [0.3, 0.4) is 0 Å². The molecule has 0 bridgehead atoms. The van der Waals surface area contributed by atoms with E-state index >= 15 is 0 Å². The summed E-state index contributed by atoms with van der Waals surface area (Å²) in [7, 11) is 2.52. The number of nitrogens with one attached hydrogen (secondary N) is 1. The summed E-state index contributed by atoms with van der Waals surface area (Å²) >= 11 is 0. The van der Waals surface area contributed by atoms with Gasteiger partial charge in [-0.1, -0.05) is 0 Å². The summed E-state index contributed by atoms with van der Waals surface area (Å²) in [4.78, 5) is 25.6. The molecule has 3 N–H and O–H groups in total. The van der Waals surface area contributed by atoms with Crippen molar-refractivity contribution in [1.29, 1.82) is 0 Å². The summed E-state index contributed by atoms with van der Waals surface area (Å²) in [5.41, 5.74) is 1.30. The largest absolute Gasteiger partial charge is 0.497 e. The smallest absolute Gasteiger partial charge is 0.439 e. The minimum Gasteiger partial charge on any atom is -0.439 e. The lowest BCUT2D eigenvalue weighted by atomic mass is 9.77. The second-order valence-electron chi connectivity index (χ2n) is 9.38. The molecule has 2 aromatic heterocycles. The third-order valence-corrected chi connectivity index (χ3v) is 6.45. The predicted molar refractivity (Wildman–Crippen MR) is 128 cm³/mol. The van der Waals surface area contributed by atoms with Gasteiger partial charge in [-0.05, 0) is 52.3 Å². The number of carbonyl (C=O) groups is 1. The molecule has 0 aliphatic carbocycles. The molecule has 33 heavy (non-hydrogen) atoms. The van der Waals surface area contributed by atoms with E-state index in [9.17, 15) is 9.59 Å². The van der Waals surface area contributed by atoms with Crippen LogP contribution in [0.1, 0.15) is 43.6 Å². The van der Waals surface area contributed by atoms with E-state index in [-0.39, 0.29) is 22.9 Å². The van der Waals surface area contributed by atoms with Crippen molar-refractivity contribution >= 4 is 35.1 Å². The molecule has 4 rings (SSSR count). The van der Waals surface area contributed by atoms with Gasteiger partial charge in [-0.3, -0.25) is 14.2 Å². The van der Waals surface area contributed by atoms with Gasteiger partial charge >= 0.3 is 7.12 Å². The first kappa shape index (κ1) is 23.1. The molecule has 0 unspecified atom stereocenters. The second-order valence-corrected chi connectivity index (χ2v) is 9.38. The fourth-order valence-electron chi connectivity index (χ4n) is 3.86. The quantitative estimate of drug-likeness (QED) is 0.353. The lowest BCUT2D eigenvalue weighted by Crippen LogP contribution is -2.41. The summed E-state index contributed by atoms with van der Waals surface area (Å²) in [6.07, 6.45) is 1.59. The van der Waals surface area contributed by atoms with Gasteiger partial charge in [-0.25, -0.2) is 5.84 Å². The van der Waals surface area contributed by atoms with Crippen LogP contribution in [0.4, 0.5) is 5.69 Å². The fourth-order valence-corrected chi connectivity index (χ4v) is 3.86. The number of nitrogens with two attached hydrogens (primary N) is 1. The maximum Gasteiger partial charge on any atom is 0.497 e. The molecule has 3 aromatic rings. The lowest BCUT2D eigenvalue weighted by Gasteiger charge is -2.32. The number of fused-ring (bicyclic) bond motifs is 1. The molecule has 10 heteroatoms. The number of aryl methyl sites for hydroxylation is 1. The van der Waals surface area contributed by atoms with Crippen LogP contribution in [-0.4, -0.2) is 42.9 Å². The van der Waals surface area contributed by atoms with E-state index in [1.54, 1.807) is 31.4 Å². The number of furan rings is 1. The van der Waals surface area contributed by atoms with Crippen LogP contribution in [0.5, 0.6) is 0 Å². The molecular formula is C23H29BN4O5. The standard InChI is InChI=1S/C23H29BN4O5/c1-13-8-9-28(18(29)10-13)21-19(20(30)26-6)14-11-15(16(27(7)25)12-17(14)31-21)24-32-22(2,3)23(4,5)33-24/h8-12H,25H2,1-7H3,(H,26,30). The number of carbonyl (C=O) groups excluding carboxylic acids is 1. The van der Waals surface area contributed by atoms with Crippen LogP contribution in [0.15, 0.2) is 39.7 Å². The van der Waals surface area contributed by atoms with Gasteiger partial charge in [0, 0.05) is 43.3 Å². The normalized spacial score (nSPS) is 16.9. The molecule has 3 heterocycles. The Bertz CT molecular complexity index is 1290. The van der Waals surface area contributed by atoms with Gasteiger partial charge in [-0.2, -0.15) is 0 Å². The zero-order chi connectivity index (χ0) is 24.3. The van der Waals surface area contributed by atoms with E-state index in [0.29, 0.717) is 22.1 Å². The van der Waals surface area contributed by atoms with Crippen LogP contribution in [0.2, 0.25) is 0 Å². The minimum absolute atomic E-state index is 0.131. The average molecular weight is 452 g/mol. The predicted octanol–water partition coefficient (Wildman–Crippen LogP) is 1.86. The van der Waals surface area contributed by atoms with E-state index in [1.165, 1.54) is 22.7 Å². The zero-order valence-electron chi connectivity index (χ0n) is 20.0. The van der Waals surface area contributed by atoms with Crippen molar-refractivity contribution in [2.75, 3.05) is 19.1 Å². The summed E-state index contributed by atoms with van der Waals surface area (Å²) in [6, 6.07) is 6.77. The van der Waals surface area contributed by atoms with Gasteiger partial charge in [0.1, 0.15) is 11.1 Å². The van der Waals surface area contributed by atoms with Gasteiger partial charge in [-0.15, -0.1) is 0 Å². The van der Waals surface area contributed by atoms with E-state index in [1.807, 2.05) is 34.6 Å². The Hall–Kier alpha value is -3.08. The van der Waals surface area contributed by atoms with Crippen LogP contribution in [0.25, 0.3) is 16.9 Å². The number of hydrogen-bond donors (Lipinski definition) is 2. The summed E-state index contributed by atoms with van der Waals surface area (Å²) < 4.78 is 19.9. The molecule has 1 amide bonds. The topological polar surface area (TPSA) is 112 Å². The van der Waals surface area contributed by atoms with Crippen molar-refractivity contribution in [3.05, 3.63) is 51.9 Å². The van der Waals surface area contributed by atoms with Crippen molar-refractivity contribution in [1.82, 2.24) is 9.88 Å². The van der Waals surface area contributed by atoms with E-state index in [4.69, 9.17) is 19.6 Å². The SMILES string of the molecule is CNC(=O)c1c(-n2ccc(C)cc2=O)oc2cc(N(C)N)c(B3OC(C)(C)C(C)(C)O3)cc12. The van der Waals surface area contributed by atoms with Gasteiger partial charge in [0.05, 0.1) is 16.9 Å². The van der Waals surface area contributed by atoms with E-state index < -0.39 is 18.3 Å². The number of hydrazine groups is 1. The molecule has 0 atom stereocenters. The Morgan fingerprint density at radius 1 is 1.15 bits per heavy atom. The van der Waals surface area contributed by atoms with Gasteiger partial charge in [0.15, 0.2) is 0 Å². The highest BCUT2D eigenvalue weighted by Gasteiger charge is 2.52.